The molecule has 0 saturated carbocycles. The Kier molecular flexibility index (Phi) is 5.66. The zero-order chi connectivity index (χ0) is 29.9. The van der Waals surface area contributed by atoms with E-state index in [1.165, 1.54) is 27.4 Å². The molecule has 0 amide bonds. The fourth-order valence-corrected chi connectivity index (χ4v) is 6.96. The van der Waals surface area contributed by atoms with Gasteiger partial charge in [-0.1, -0.05) is 103 Å². The second-order valence-electron chi connectivity index (χ2n) is 11.6. The minimum atomic E-state index is 0.283. The number of phenolic OH excluding ortho intramolecular Hbond substituents is 1. The van der Waals surface area contributed by atoms with Gasteiger partial charge >= 0.3 is 0 Å². The van der Waals surface area contributed by atoms with Gasteiger partial charge in [0.1, 0.15) is 5.75 Å². The van der Waals surface area contributed by atoms with Crippen LogP contribution in [-0.2, 0) is 0 Å². The summed E-state index contributed by atoms with van der Waals surface area (Å²) in [6.07, 6.45) is 0. The van der Waals surface area contributed by atoms with Gasteiger partial charge in [-0.2, -0.15) is 0 Å². The minimum Gasteiger partial charge on any atom is -0.507 e. The summed E-state index contributed by atoms with van der Waals surface area (Å²) in [7, 11) is 0. The number of benzene rings is 7. The molecular formula is C42H28N2O. The van der Waals surface area contributed by atoms with Crippen LogP contribution in [0.5, 0.6) is 5.75 Å². The van der Waals surface area contributed by atoms with Gasteiger partial charge in [-0.3, -0.25) is 0 Å². The monoisotopic (exact) mass is 576 g/mol. The largest absolute Gasteiger partial charge is 0.507 e. The highest BCUT2D eigenvalue weighted by Crippen LogP contribution is 2.42. The van der Waals surface area contributed by atoms with Gasteiger partial charge in [0.05, 0.1) is 22.1 Å². The molecule has 9 rings (SSSR count). The maximum absolute atomic E-state index is 11.6. The summed E-state index contributed by atoms with van der Waals surface area (Å²) < 4.78 is 4.59. The fourth-order valence-electron chi connectivity index (χ4n) is 6.96. The number of nitrogens with zero attached hydrogens (tertiary/aromatic N) is 2. The highest BCUT2D eigenvalue weighted by Gasteiger charge is 2.18. The Labute approximate surface area is 260 Å². The fraction of sp³-hybridized carbons (Fsp3) is 0. The Balaban J connectivity index is 1.25. The Morgan fingerprint density at radius 1 is 0.333 bits per heavy atom. The highest BCUT2D eigenvalue weighted by molar-refractivity contribution is 6.14. The molecule has 0 bridgehead atoms. The second kappa shape index (κ2) is 10.0. The second-order valence-corrected chi connectivity index (χ2v) is 11.6. The first kappa shape index (κ1) is 25.4. The molecule has 3 heteroatoms. The van der Waals surface area contributed by atoms with E-state index in [4.69, 9.17) is 0 Å². The Hall–Kier alpha value is -6.06. The summed E-state index contributed by atoms with van der Waals surface area (Å²) in [6, 6.07) is 57.3. The number of hydrogen-bond acceptors (Lipinski definition) is 1. The lowest BCUT2D eigenvalue weighted by Gasteiger charge is -2.11. The molecule has 45 heavy (non-hydrogen) atoms. The molecule has 0 radical (unpaired) electrons. The molecule has 2 heterocycles. The lowest BCUT2D eigenvalue weighted by atomic mass is 10.0. The van der Waals surface area contributed by atoms with Crippen LogP contribution in [0.15, 0.2) is 164 Å². The molecular weight excluding hydrogens is 548 g/mol. The van der Waals surface area contributed by atoms with E-state index >= 15 is 0 Å². The third-order valence-corrected chi connectivity index (χ3v) is 9.00. The molecule has 0 aliphatic rings. The van der Waals surface area contributed by atoms with Crippen LogP contribution in [0.1, 0.15) is 0 Å². The van der Waals surface area contributed by atoms with E-state index in [0.717, 1.165) is 49.8 Å². The van der Waals surface area contributed by atoms with E-state index in [9.17, 15) is 5.11 Å². The van der Waals surface area contributed by atoms with Crippen molar-refractivity contribution in [2.45, 2.75) is 0 Å². The molecule has 0 saturated heterocycles. The molecule has 9 aromatic rings. The Morgan fingerprint density at radius 3 is 1.62 bits per heavy atom. The number of rotatable bonds is 4. The molecule has 0 aliphatic carbocycles. The number of aromatic nitrogens is 2. The minimum absolute atomic E-state index is 0.283. The molecule has 0 fully saturated rings. The topological polar surface area (TPSA) is 30.1 Å². The van der Waals surface area contributed by atoms with E-state index in [1.807, 2.05) is 18.2 Å². The molecule has 7 aromatic carbocycles. The molecule has 3 nitrogen and oxygen atoms in total. The van der Waals surface area contributed by atoms with Gasteiger partial charge in [-0.05, 0) is 82.9 Å². The lowest BCUT2D eigenvalue weighted by Crippen LogP contribution is -1.94. The van der Waals surface area contributed by atoms with Gasteiger partial charge in [0, 0.05) is 32.9 Å². The Morgan fingerprint density at radius 2 is 0.867 bits per heavy atom. The van der Waals surface area contributed by atoms with E-state index in [-0.39, 0.29) is 5.75 Å². The first-order chi connectivity index (χ1) is 22.2. The molecule has 212 valence electrons. The third kappa shape index (κ3) is 3.98. The van der Waals surface area contributed by atoms with Gasteiger partial charge in [0.15, 0.2) is 0 Å². The van der Waals surface area contributed by atoms with Crippen molar-refractivity contribution in [3.8, 4) is 39.4 Å². The van der Waals surface area contributed by atoms with Crippen molar-refractivity contribution in [1.29, 1.82) is 0 Å². The third-order valence-electron chi connectivity index (χ3n) is 9.00. The first-order valence-electron chi connectivity index (χ1n) is 15.3. The van der Waals surface area contributed by atoms with Gasteiger partial charge < -0.3 is 14.2 Å². The zero-order valence-corrected chi connectivity index (χ0v) is 24.4. The Bertz CT molecular complexity index is 2520. The maximum Gasteiger partial charge on any atom is 0.126 e. The predicted molar refractivity (Wildman–Crippen MR) is 188 cm³/mol. The number of fused-ring (bicyclic) bond motifs is 6. The first-order valence-corrected chi connectivity index (χ1v) is 15.3. The van der Waals surface area contributed by atoms with Crippen molar-refractivity contribution in [3.05, 3.63) is 164 Å². The van der Waals surface area contributed by atoms with Crippen LogP contribution in [0.2, 0.25) is 0 Å². The van der Waals surface area contributed by atoms with Crippen LogP contribution in [-0.4, -0.2) is 14.2 Å². The van der Waals surface area contributed by atoms with Crippen LogP contribution in [0.3, 0.4) is 0 Å². The van der Waals surface area contributed by atoms with Gasteiger partial charge in [0.2, 0.25) is 0 Å². The van der Waals surface area contributed by atoms with Crippen molar-refractivity contribution < 1.29 is 5.11 Å². The molecule has 2 aromatic heterocycles. The molecule has 1 N–H and O–H groups in total. The van der Waals surface area contributed by atoms with Crippen LogP contribution in [0.25, 0.3) is 77.2 Å². The quantitative estimate of drug-likeness (QED) is 0.222. The molecule has 0 atom stereocenters. The van der Waals surface area contributed by atoms with Gasteiger partial charge in [0.25, 0.3) is 0 Å². The van der Waals surface area contributed by atoms with Gasteiger partial charge in [-0.15, -0.1) is 0 Å². The van der Waals surface area contributed by atoms with Gasteiger partial charge in [-0.25, -0.2) is 0 Å². The lowest BCUT2D eigenvalue weighted by molar-refractivity contribution is 0.482. The standard InChI is InChI=1S/C42H28N2O/c45-41-27-31(30-21-24-39-36(25-30)34-15-7-9-17-37(34)43(39)32-13-5-2-6-14-32)26-40-42(41)35-16-8-10-18-38(35)44(40)33-22-19-29(20-23-33)28-11-3-1-4-12-28/h1-27,45H. The molecule has 0 spiro atoms. The summed E-state index contributed by atoms with van der Waals surface area (Å²) in [4.78, 5) is 0. The van der Waals surface area contributed by atoms with Crippen LogP contribution >= 0.6 is 0 Å². The van der Waals surface area contributed by atoms with Crippen molar-refractivity contribution in [3.63, 3.8) is 0 Å². The van der Waals surface area contributed by atoms with Crippen LogP contribution in [0, 0.1) is 0 Å². The van der Waals surface area contributed by atoms with E-state index in [0.29, 0.717) is 0 Å². The van der Waals surface area contributed by atoms with Crippen molar-refractivity contribution in [2.75, 3.05) is 0 Å². The van der Waals surface area contributed by atoms with Crippen LogP contribution in [0.4, 0.5) is 0 Å². The number of hydrogen-bond donors (Lipinski definition) is 1. The average molecular weight is 577 g/mol. The molecule has 0 unspecified atom stereocenters. The van der Waals surface area contributed by atoms with Crippen molar-refractivity contribution in [1.82, 2.24) is 9.13 Å². The van der Waals surface area contributed by atoms with Crippen molar-refractivity contribution in [2.24, 2.45) is 0 Å². The predicted octanol–water partition coefficient (Wildman–Crippen LogP) is 10.9. The zero-order valence-electron chi connectivity index (χ0n) is 24.4. The van der Waals surface area contributed by atoms with Crippen LogP contribution < -0.4 is 0 Å². The summed E-state index contributed by atoms with van der Waals surface area (Å²) in [6.45, 7) is 0. The number of aromatic hydroxyl groups is 1. The van der Waals surface area contributed by atoms with Crippen molar-refractivity contribution >= 4 is 43.6 Å². The smallest absolute Gasteiger partial charge is 0.126 e. The summed E-state index contributed by atoms with van der Waals surface area (Å²) in [5.41, 5.74) is 11.0. The number of para-hydroxylation sites is 3. The SMILES string of the molecule is Oc1cc(-c2ccc3c(c2)c2ccccc2n3-c2ccccc2)cc2c1c1ccccc1n2-c1ccc(-c2ccccc2)cc1. The van der Waals surface area contributed by atoms with E-state index in [2.05, 4.69) is 155 Å². The normalized spacial score (nSPS) is 11.6. The maximum atomic E-state index is 11.6. The molecule has 0 aliphatic heterocycles. The van der Waals surface area contributed by atoms with E-state index in [1.54, 1.807) is 0 Å². The summed E-state index contributed by atoms with van der Waals surface area (Å²) >= 11 is 0. The average Bonchev–Trinajstić information content (AvgIpc) is 3.62. The van der Waals surface area contributed by atoms with E-state index < -0.39 is 0 Å². The summed E-state index contributed by atoms with van der Waals surface area (Å²) in [5.74, 6) is 0.283. The highest BCUT2D eigenvalue weighted by atomic mass is 16.3. The summed E-state index contributed by atoms with van der Waals surface area (Å²) in [5, 5.41) is 15.9. The number of phenols is 1.